The summed E-state index contributed by atoms with van der Waals surface area (Å²) in [5.41, 5.74) is 0. The molecule has 0 bridgehead atoms. The minimum Gasteiger partial charge on any atom is -0.380 e. The van der Waals surface area contributed by atoms with Crippen LogP contribution in [0.5, 0.6) is 0 Å². The maximum absolute atomic E-state index is 8.53. The fourth-order valence-corrected chi connectivity index (χ4v) is 1.13. The van der Waals surface area contributed by atoms with E-state index in [4.69, 9.17) is 10.00 Å². The van der Waals surface area contributed by atoms with E-state index in [9.17, 15) is 0 Å². The smallest absolute Gasteiger partial charge is 0.0866 e. The van der Waals surface area contributed by atoms with Gasteiger partial charge in [-0.2, -0.15) is 5.26 Å². The zero-order valence-electron chi connectivity index (χ0n) is 8.75. The summed E-state index contributed by atoms with van der Waals surface area (Å²) in [6, 6.07) is 2.16. The van der Waals surface area contributed by atoms with Crippen molar-refractivity contribution in [3.05, 3.63) is 0 Å². The molecule has 0 atom stereocenters. The van der Waals surface area contributed by atoms with Crippen molar-refractivity contribution >= 4 is 0 Å². The van der Waals surface area contributed by atoms with E-state index < -0.39 is 0 Å². The van der Waals surface area contributed by atoms with Crippen molar-refractivity contribution in [1.82, 2.24) is 4.90 Å². The van der Waals surface area contributed by atoms with Crippen LogP contribution in [0.25, 0.3) is 0 Å². The molecule has 0 amide bonds. The minimum absolute atomic E-state index is 0.517. The van der Waals surface area contributed by atoms with Crippen LogP contribution < -0.4 is 0 Å². The van der Waals surface area contributed by atoms with Crippen LogP contribution in [0, 0.1) is 11.3 Å². The van der Waals surface area contributed by atoms with E-state index in [2.05, 4.69) is 24.8 Å². The van der Waals surface area contributed by atoms with E-state index in [1.54, 1.807) is 0 Å². The summed E-state index contributed by atoms with van der Waals surface area (Å²) in [6.45, 7) is 8.17. The van der Waals surface area contributed by atoms with Crippen LogP contribution in [0.2, 0.25) is 0 Å². The predicted octanol–water partition coefficient (Wildman–Crippen LogP) is 1.65. The maximum Gasteiger partial charge on any atom is 0.0866 e. The van der Waals surface area contributed by atoms with Gasteiger partial charge in [0.05, 0.1) is 19.2 Å². The van der Waals surface area contributed by atoms with E-state index in [0.717, 1.165) is 39.1 Å². The normalized spacial score (nSPS) is 10.3. The first-order valence-electron chi connectivity index (χ1n) is 5.02. The lowest BCUT2D eigenvalue weighted by atomic mass is 10.4. The minimum atomic E-state index is 0.517. The molecule has 0 fully saturated rings. The average Bonchev–Trinajstić information content (AvgIpc) is 2.13. The second kappa shape index (κ2) is 9.50. The van der Waals surface area contributed by atoms with E-state index in [0.29, 0.717) is 6.54 Å². The standard InChI is InChI=1S/C10H20N2O/c1-3-6-12(7-5-11)8-10-13-9-4-2/h3-4,6-10H2,1-2H3. The summed E-state index contributed by atoms with van der Waals surface area (Å²) < 4.78 is 5.35. The molecule has 0 N–H and O–H groups in total. The largest absolute Gasteiger partial charge is 0.380 e. The lowest BCUT2D eigenvalue weighted by Crippen LogP contribution is -2.28. The Morgan fingerprint density at radius 1 is 1.15 bits per heavy atom. The summed E-state index contributed by atoms with van der Waals surface area (Å²) in [5.74, 6) is 0. The molecule has 0 rings (SSSR count). The molecule has 0 saturated heterocycles. The Morgan fingerprint density at radius 3 is 2.46 bits per heavy atom. The number of hydrogen-bond donors (Lipinski definition) is 0. The van der Waals surface area contributed by atoms with Gasteiger partial charge in [-0.15, -0.1) is 0 Å². The van der Waals surface area contributed by atoms with Gasteiger partial charge in [-0.25, -0.2) is 0 Å². The van der Waals surface area contributed by atoms with Gasteiger partial charge in [0, 0.05) is 13.2 Å². The summed E-state index contributed by atoms with van der Waals surface area (Å²) in [4.78, 5) is 2.12. The molecule has 0 aromatic rings. The van der Waals surface area contributed by atoms with E-state index in [1.165, 1.54) is 0 Å². The third-order valence-electron chi connectivity index (χ3n) is 1.73. The Kier molecular flexibility index (Phi) is 9.07. The highest BCUT2D eigenvalue weighted by Gasteiger charge is 2.01. The van der Waals surface area contributed by atoms with Gasteiger partial charge in [0.25, 0.3) is 0 Å². The molecule has 0 aromatic heterocycles. The molecule has 3 heteroatoms. The third-order valence-corrected chi connectivity index (χ3v) is 1.73. The van der Waals surface area contributed by atoms with E-state index >= 15 is 0 Å². The average molecular weight is 184 g/mol. The van der Waals surface area contributed by atoms with Crippen LogP contribution in [0.15, 0.2) is 0 Å². The van der Waals surface area contributed by atoms with Crippen LogP contribution in [0.4, 0.5) is 0 Å². The number of ether oxygens (including phenoxy) is 1. The number of nitriles is 1. The van der Waals surface area contributed by atoms with Gasteiger partial charge in [-0.05, 0) is 19.4 Å². The van der Waals surface area contributed by atoms with Crippen molar-refractivity contribution < 1.29 is 4.74 Å². The molecule has 0 saturated carbocycles. The molecular weight excluding hydrogens is 164 g/mol. The molecule has 13 heavy (non-hydrogen) atoms. The highest BCUT2D eigenvalue weighted by atomic mass is 16.5. The van der Waals surface area contributed by atoms with Crippen molar-refractivity contribution in [2.75, 3.05) is 32.8 Å². The third kappa shape index (κ3) is 7.76. The van der Waals surface area contributed by atoms with Gasteiger partial charge < -0.3 is 4.74 Å². The van der Waals surface area contributed by atoms with Gasteiger partial charge in [-0.1, -0.05) is 13.8 Å². The predicted molar refractivity (Wildman–Crippen MR) is 53.5 cm³/mol. The number of rotatable bonds is 8. The Labute approximate surface area is 81.3 Å². The molecule has 76 valence electrons. The first kappa shape index (κ1) is 12.4. The number of nitrogens with zero attached hydrogens (tertiary/aromatic N) is 2. The summed E-state index contributed by atoms with van der Waals surface area (Å²) in [7, 11) is 0. The Bertz CT molecular complexity index is 142. The Morgan fingerprint density at radius 2 is 1.92 bits per heavy atom. The van der Waals surface area contributed by atoms with Gasteiger partial charge in [0.1, 0.15) is 0 Å². The van der Waals surface area contributed by atoms with Gasteiger partial charge in [0.2, 0.25) is 0 Å². The molecule has 0 aliphatic carbocycles. The molecule has 0 aliphatic heterocycles. The molecule has 0 heterocycles. The quantitative estimate of drug-likeness (QED) is 0.425. The van der Waals surface area contributed by atoms with Crippen LogP contribution in [-0.2, 0) is 4.74 Å². The van der Waals surface area contributed by atoms with Crippen LogP contribution in [-0.4, -0.2) is 37.7 Å². The monoisotopic (exact) mass is 184 g/mol. The summed E-state index contributed by atoms with van der Waals surface area (Å²) >= 11 is 0. The highest BCUT2D eigenvalue weighted by Crippen LogP contribution is 1.91. The summed E-state index contributed by atoms with van der Waals surface area (Å²) in [5, 5.41) is 8.53. The van der Waals surface area contributed by atoms with Crippen molar-refractivity contribution in [2.24, 2.45) is 0 Å². The lowest BCUT2D eigenvalue weighted by molar-refractivity contribution is 0.108. The van der Waals surface area contributed by atoms with Crippen LogP contribution >= 0.6 is 0 Å². The number of hydrogen-bond acceptors (Lipinski definition) is 3. The second-order valence-corrected chi connectivity index (χ2v) is 3.05. The zero-order valence-corrected chi connectivity index (χ0v) is 8.75. The van der Waals surface area contributed by atoms with E-state index in [-0.39, 0.29) is 0 Å². The molecule has 0 aliphatic rings. The SMILES string of the molecule is CCCOCCN(CC#N)CCC. The highest BCUT2D eigenvalue weighted by molar-refractivity contribution is 4.75. The lowest BCUT2D eigenvalue weighted by Gasteiger charge is -2.17. The molecule has 0 unspecified atom stereocenters. The molecule has 3 nitrogen and oxygen atoms in total. The second-order valence-electron chi connectivity index (χ2n) is 3.05. The Balaban J connectivity index is 3.40. The van der Waals surface area contributed by atoms with Crippen molar-refractivity contribution in [1.29, 1.82) is 5.26 Å². The Hall–Kier alpha value is -0.590. The van der Waals surface area contributed by atoms with E-state index in [1.807, 2.05) is 0 Å². The molecule has 0 spiro atoms. The first-order chi connectivity index (χ1) is 6.35. The first-order valence-corrected chi connectivity index (χ1v) is 5.02. The van der Waals surface area contributed by atoms with Gasteiger partial charge in [0.15, 0.2) is 0 Å². The zero-order chi connectivity index (χ0) is 9.94. The fourth-order valence-electron chi connectivity index (χ4n) is 1.13. The maximum atomic E-state index is 8.53. The van der Waals surface area contributed by atoms with Crippen molar-refractivity contribution in [3.8, 4) is 6.07 Å². The van der Waals surface area contributed by atoms with Gasteiger partial charge in [-0.3, -0.25) is 4.90 Å². The molecule has 0 radical (unpaired) electrons. The van der Waals surface area contributed by atoms with Crippen LogP contribution in [0.1, 0.15) is 26.7 Å². The molecular formula is C10H20N2O. The topological polar surface area (TPSA) is 36.3 Å². The van der Waals surface area contributed by atoms with Crippen LogP contribution in [0.3, 0.4) is 0 Å². The molecule has 0 aromatic carbocycles. The van der Waals surface area contributed by atoms with Crippen molar-refractivity contribution in [2.45, 2.75) is 26.7 Å². The van der Waals surface area contributed by atoms with Gasteiger partial charge >= 0.3 is 0 Å². The van der Waals surface area contributed by atoms with Crippen molar-refractivity contribution in [3.63, 3.8) is 0 Å². The fraction of sp³-hybridized carbons (Fsp3) is 0.900. The summed E-state index contributed by atoms with van der Waals surface area (Å²) in [6.07, 6.45) is 2.15.